The summed E-state index contributed by atoms with van der Waals surface area (Å²) in [5, 5.41) is 7.08. The van der Waals surface area contributed by atoms with E-state index in [0.717, 1.165) is 12.6 Å². The molecule has 0 aromatic heterocycles. The predicted molar refractivity (Wildman–Crippen MR) is 60.4 cm³/mol. The van der Waals surface area contributed by atoms with Gasteiger partial charge < -0.3 is 10.6 Å². The van der Waals surface area contributed by atoms with E-state index in [1.54, 1.807) is 5.57 Å². The van der Waals surface area contributed by atoms with Crippen LogP contribution in [-0.2, 0) is 0 Å². The van der Waals surface area contributed by atoms with Gasteiger partial charge in [-0.25, -0.2) is 0 Å². The second-order valence-electron chi connectivity index (χ2n) is 4.51. The molecule has 0 bridgehead atoms. The maximum absolute atomic E-state index is 3.68. The number of rotatable bonds is 3. The SMILES string of the molecule is C1=C(CNC2CCNCC2)CCCC1. The van der Waals surface area contributed by atoms with E-state index in [1.165, 1.54) is 51.6 Å². The second-order valence-corrected chi connectivity index (χ2v) is 4.51. The zero-order chi connectivity index (χ0) is 9.64. The lowest BCUT2D eigenvalue weighted by Crippen LogP contribution is -2.40. The maximum Gasteiger partial charge on any atom is 0.0167 e. The Hall–Kier alpha value is -0.340. The topological polar surface area (TPSA) is 24.1 Å². The Morgan fingerprint density at radius 3 is 2.86 bits per heavy atom. The van der Waals surface area contributed by atoms with E-state index in [9.17, 15) is 0 Å². The van der Waals surface area contributed by atoms with E-state index in [-0.39, 0.29) is 0 Å². The van der Waals surface area contributed by atoms with Crippen molar-refractivity contribution in [1.82, 2.24) is 10.6 Å². The summed E-state index contributed by atoms with van der Waals surface area (Å²) in [5.41, 5.74) is 1.65. The maximum atomic E-state index is 3.68. The summed E-state index contributed by atoms with van der Waals surface area (Å²) in [6.07, 6.45) is 10.5. The van der Waals surface area contributed by atoms with Crippen molar-refractivity contribution in [2.75, 3.05) is 19.6 Å². The summed E-state index contributed by atoms with van der Waals surface area (Å²) in [6, 6.07) is 0.763. The van der Waals surface area contributed by atoms with Crippen LogP contribution in [-0.4, -0.2) is 25.7 Å². The van der Waals surface area contributed by atoms with Crippen LogP contribution >= 0.6 is 0 Å². The molecule has 1 aliphatic heterocycles. The molecule has 0 radical (unpaired) electrons. The molecule has 2 N–H and O–H groups in total. The Morgan fingerprint density at radius 2 is 2.14 bits per heavy atom. The molecule has 0 aromatic rings. The summed E-state index contributed by atoms with van der Waals surface area (Å²) >= 11 is 0. The molecule has 1 saturated heterocycles. The molecule has 0 spiro atoms. The largest absolute Gasteiger partial charge is 0.317 e. The monoisotopic (exact) mass is 194 g/mol. The minimum Gasteiger partial charge on any atom is -0.317 e. The lowest BCUT2D eigenvalue weighted by Gasteiger charge is -2.25. The van der Waals surface area contributed by atoms with E-state index in [4.69, 9.17) is 0 Å². The predicted octanol–water partition coefficient (Wildman–Crippen LogP) is 1.83. The fourth-order valence-corrected chi connectivity index (χ4v) is 2.37. The highest BCUT2D eigenvalue weighted by Gasteiger charge is 2.12. The third-order valence-electron chi connectivity index (χ3n) is 3.34. The molecular weight excluding hydrogens is 172 g/mol. The average molecular weight is 194 g/mol. The van der Waals surface area contributed by atoms with Gasteiger partial charge in [0, 0.05) is 12.6 Å². The molecule has 0 unspecified atom stereocenters. The highest BCUT2D eigenvalue weighted by atomic mass is 15.0. The minimum atomic E-state index is 0.763. The molecule has 2 aliphatic rings. The average Bonchev–Trinajstić information content (AvgIpc) is 2.29. The van der Waals surface area contributed by atoms with Crippen LogP contribution in [0.4, 0.5) is 0 Å². The van der Waals surface area contributed by atoms with Crippen LogP contribution in [0.3, 0.4) is 0 Å². The number of piperidine rings is 1. The summed E-state index contributed by atoms with van der Waals surface area (Å²) in [4.78, 5) is 0. The standard InChI is InChI=1S/C12H22N2/c1-2-4-11(5-3-1)10-14-12-6-8-13-9-7-12/h4,12-14H,1-3,5-10H2. The third kappa shape index (κ3) is 3.10. The zero-order valence-corrected chi connectivity index (χ0v) is 9.02. The van der Waals surface area contributed by atoms with E-state index >= 15 is 0 Å². The summed E-state index contributed by atoms with van der Waals surface area (Å²) in [7, 11) is 0. The molecule has 1 fully saturated rings. The first-order valence-electron chi connectivity index (χ1n) is 6.07. The van der Waals surface area contributed by atoms with Gasteiger partial charge in [-0.2, -0.15) is 0 Å². The molecule has 0 saturated carbocycles. The minimum absolute atomic E-state index is 0.763. The van der Waals surface area contributed by atoms with Crippen molar-refractivity contribution in [2.45, 2.75) is 44.6 Å². The quantitative estimate of drug-likeness (QED) is 0.670. The van der Waals surface area contributed by atoms with Gasteiger partial charge >= 0.3 is 0 Å². The highest BCUT2D eigenvalue weighted by molar-refractivity contribution is 5.07. The number of hydrogen-bond acceptors (Lipinski definition) is 2. The van der Waals surface area contributed by atoms with Crippen LogP contribution in [0.5, 0.6) is 0 Å². The van der Waals surface area contributed by atoms with Gasteiger partial charge in [-0.1, -0.05) is 11.6 Å². The first-order chi connectivity index (χ1) is 6.95. The van der Waals surface area contributed by atoms with Crippen molar-refractivity contribution >= 4 is 0 Å². The fourth-order valence-electron chi connectivity index (χ4n) is 2.37. The van der Waals surface area contributed by atoms with E-state index in [2.05, 4.69) is 16.7 Å². The summed E-state index contributed by atoms with van der Waals surface area (Å²) in [5.74, 6) is 0. The molecule has 14 heavy (non-hydrogen) atoms. The summed E-state index contributed by atoms with van der Waals surface area (Å²) < 4.78 is 0. The molecular formula is C12H22N2. The van der Waals surface area contributed by atoms with Crippen LogP contribution in [0.15, 0.2) is 11.6 Å². The first kappa shape index (κ1) is 10.2. The van der Waals surface area contributed by atoms with Crippen molar-refractivity contribution in [3.63, 3.8) is 0 Å². The number of allylic oxidation sites excluding steroid dienone is 1. The molecule has 2 heteroatoms. The Kier molecular flexibility index (Phi) is 4.02. The Morgan fingerprint density at radius 1 is 1.29 bits per heavy atom. The molecule has 0 amide bonds. The van der Waals surface area contributed by atoms with Crippen LogP contribution in [0.25, 0.3) is 0 Å². The van der Waals surface area contributed by atoms with Crippen LogP contribution in [0.1, 0.15) is 38.5 Å². The Bertz CT molecular complexity index is 192. The number of hydrogen-bond donors (Lipinski definition) is 2. The van der Waals surface area contributed by atoms with Crippen LogP contribution in [0, 0.1) is 0 Å². The second kappa shape index (κ2) is 5.52. The van der Waals surface area contributed by atoms with Gasteiger partial charge in [-0.3, -0.25) is 0 Å². The molecule has 2 nitrogen and oxygen atoms in total. The molecule has 0 aromatic carbocycles. The molecule has 0 atom stereocenters. The number of nitrogens with one attached hydrogen (secondary N) is 2. The lowest BCUT2D eigenvalue weighted by atomic mass is 9.99. The van der Waals surface area contributed by atoms with E-state index in [0.29, 0.717) is 0 Å². The van der Waals surface area contributed by atoms with Crippen molar-refractivity contribution in [2.24, 2.45) is 0 Å². The van der Waals surface area contributed by atoms with E-state index in [1.807, 2.05) is 0 Å². The summed E-state index contributed by atoms with van der Waals surface area (Å²) in [6.45, 7) is 3.53. The third-order valence-corrected chi connectivity index (χ3v) is 3.34. The van der Waals surface area contributed by atoms with Gasteiger partial charge in [0.25, 0.3) is 0 Å². The normalized spacial score (nSPS) is 24.7. The smallest absolute Gasteiger partial charge is 0.0167 e. The molecule has 2 rings (SSSR count). The van der Waals surface area contributed by atoms with Crippen molar-refractivity contribution in [1.29, 1.82) is 0 Å². The van der Waals surface area contributed by atoms with Crippen molar-refractivity contribution < 1.29 is 0 Å². The Balaban J connectivity index is 1.67. The van der Waals surface area contributed by atoms with Gasteiger partial charge in [0.15, 0.2) is 0 Å². The molecule has 80 valence electrons. The fraction of sp³-hybridized carbons (Fsp3) is 0.833. The Labute approximate surface area is 87.2 Å². The zero-order valence-electron chi connectivity index (χ0n) is 9.02. The van der Waals surface area contributed by atoms with Crippen LogP contribution in [0.2, 0.25) is 0 Å². The van der Waals surface area contributed by atoms with E-state index < -0.39 is 0 Å². The van der Waals surface area contributed by atoms with Crippen LogP contribution < -0.4 is 10.6 Å². The highest BCUT2D eigenvalue weighted by Crippen LogP contribution is 2.16. The lowest BCUT2D eigenvalue weighted by molar-refractivity contribution is 0.395. The van der Waals surface area contributed by atoms with Crippen molar-refractivity contribution in [3.05, 3.63) is 11.6 Å². The first-order valence-corrected chi connectivity index (χ1v) is 6.07. The molecule has 1 heterocycles. The van der Waals surface area contributed by atoms with Gasteiger partial charge in [0.05, 0.1) is 0 Å². The van der Waals surface area contributed by atoms with Crippen molar-refractivity contribution in [3.8, 4) is 0 Å². The van der Waals surface area contributed by atoms with Gasteiger partial charge in [-0.15, -0.1) is 0 Å². The molecule has 1 aliphatic carbocycles. The van der Waals surface area contributed by atoms with Gasteiger partial charge in [-0.05, 0) is 51.6 Å². The van der Waals surface area contributed by atoms with Gasteiger partial charge in [0.2, 0.25) is 0 Å². The van der Waals surface area contributed by atoms with Gasteiger partial charge in [0.1, 0.15) is 0 Å².